The van der Waals surface area contributed by atoms with Gasteiger partial charge in [0.2, 0.25) is 5.28 Å². The van der Waals surface area contributed by atoms with Crippen molar-refractivity contribution >= 4 is 17.4 Å². The number of anilines is 1. The molecule has 2 aromatic heterocycles. The van der Waals surface area contributed by atoms with Gasteiger partial charge in [-0.2, -0.15) is 5.10 Å². The van der Waals surface area contributed by atoms with Crippen LogP contribution in [0.15, 0.2) is 0 Å². The lowest BCUT2D eigenvalue weighted by atomic mass is 9.76. The van der Waals surface area contributed by atoms with Crippen LogP contribution in [0.2, 0.25) is 5.28 Å². The molecule has 1 aliphatic carbocycles. The average molecular weight is 333 g/mol. The second-order valence-electron chi connectivity index (χ2n) is 7.10. The molecule has 0 amide bonds. The Morgan fingerprint density at radius 3 is 2.78 bits per heavy atom. The summed E-state index contributed by atoms with van der Waals surface area (Å²) in [4.78, 5) is 15.9. The first-order chi connectivity index (χ1) is 10.9. The third kappa shape index (κ3) is 2.49. The van der Waals surface area contributed by atoms with Crippen LogP contribution in [0.25, 0.3) is 0 Å². The molecular weight excluding hydrogens is 312 g/mol. The normalized spacial score (nSPS) is 19.4. The highest BCUT2D eigenvalue weighted by Gasteiger charge is 2.33. The van der Waals surface area contributed by atoms with Gasteiger partial charge in [0.15, 0.2) is 0 Å². The molecule has 122 valence electrons. The number of hydrogen-bond acceptors (Lipinski definition) is 5. The predicted molar refractivity (Wildman–Crippen MR) is 88.8 cm³/mol. The molecule has 4 rings (SSSR count). The van der Waals surface area contributed by atoms with E-state index in [0.717, 1.165) is 55.6 Å². The summed E-state index contributed by atoms with van der Waals surface area (Å²) < 4.78 is 1.99. The number of halogens is 1. The molecule has 7 heteroatoms. The Balaban J connectivity index is 1.77. The Morgan fingerprint density at radius 1 is 1.13 bits per heavy atom. The van der Waals surface area contributed by atoms with Gasteiger partial charge in [-0.15, -0.1) is 0 Å². The Bertz CT molecular complexity index is 766. The number of aryl methyl sites for hydroxylation is 1. The molecule has 1 aliphatic heterocycles. The highest BCUT2D eigenvalue weighted by Crippen LogP contribution is 2.40. The molecule has 0 saturated carbocycles. The van der Waals surface area contributed by atoms with E-state index < -0.39 is 0 Å². The van der Waals surface area contributed by atoms with E-state index >= 15 is 0 Å². The summed E-state index contributed by atoms with van der Waals surface area (Å²) in [5.74, 6) is 2.80. The second-order valence-corrected chi connectivity index (χ2v) is 7.44. The lowest BCUT2D eigenvalue weighted by Gasteiger charge is -2.35. The fourth-order valence-electron chi connectivity index (χ4n) is 3.76. The highest BCUT2D eigenvalue weighted by molar-refractivity contribution is 6.28. The zero-order valence-corrected chi connectivity index (χ0v) is 14.6. The van der Waals surface area contributed by atoms with E-state index in [1.165, 1.54) is 12.0 Å². The maximum absolute atomic E-state index is 6.25. The monoisotopic (exact) mass is 332 g/mol. The Labute approximate surface area is 140 Å². The summed E-state index contributed by atoms with van der Waals surface area (Å²) in [7, 11) is 0. The number of rotatable bonds is 1. The molecular formula is C16H21ClN6. The fourth-order valence-corrected chi connectivity index (χ4v) is 3.93. The number of hydrogen-bond donors (Lipinski definition) is 0. The van der Waals surface area contributed by atoms with Crippen molar-refractivity contribution < 1.29 is 0 Å². The van der Waals surface area contributed by atoms with Crippen LogP contribution >= 0.6 is 11.6 Å². The van der Waals surface area contributed by atoms with Gasteiger partial charge in [-0.3, -0.25) is 0 Å². The summed E-state index contributed by atoms with van der Waals surface area (Å²) >= 11 is 6.25. The minimum absolute atomic E-state index is 0.0569. The van der Waals surface area contributed by atoms with E-state index in [0.29, 0.717) is 5.28 Å². The van der Waals surface area contributed by atoms with Crippen LogP contribution in [0.1, 0.15) is 49.6 Å². The van der Waals surface area contributed by atoms with Gasteiger partial charge < -0.3 is 4.90 Å². The largest absolute Gasteiger partial charge is 0.347 e. The van der Waals surface area contributed by atoms with Crippen LogP contribution in [-0.4, -0.2) is 31.3 Å². The van der Waals surface area contributed by atoms with Crippen molar-refractivity contribution in [2.24, 2.45) is 0 Å². The smallest absolute Gasteiger partial charge is 0.224 e. The van der Waals surface area contributed by atoms with Gasteiger partial charge in [-0.25, -0.2) is 19.6 Å². The molecule has 0 fully saturated rings. The molecule has 0 atom stereocenters. The van der Waals surface area contributed by atoms with Crippen LogP contribution in [-0.2, 0) is 24.9 Å². The van der Waals surface area contributed by atoms with Crippen LogP contribution < -0.4 is 4.90 Å². The maximum Gasteiger partial charge on any atom is 0.224 e. The van der Waals surface area contributed by atoms with Gasteiger partial charge in [0, 0.05) is 17.5 Å². The van der Waals surface area contributed by atoms with E-state index in [9.17, 15) is 0 Å². The van der Waals surface area contributed by atoms with Gasteiger partial charge in [0.05, 0.1) is 18.8 Å². The molecule has 0 bridgehead atoms. The van der Waals surface area contributed by atoms with Crippen molar-refractivity contribution in [3.8, 4) is 0 Å². The number of aromatic nitrogens is 5. The Morgan fingerprint density at radius 2 is 1.96 bits per heavy atom. The van der Waals surface area contributed by atoms with Gasteiger partial charge in [0.1, 0.15) is 17.5 Å². The van der Waals surface area contributed by atoms with E-state index in [1.54, 1.807) is 0 Å². The quantitative estimate of drug-likeness (QED) is 0.751. The van der Waals surface area contributed by atoms with E-state index in [2.05, 4.69) is 38.8 Å². The first-order valence-corrected chi connectivity index (χ1v) is 8.54. The van der Waals surface area contributed by atoms with Crippen molar-refractivity contribution in [1.29, 1.82) is 0 Å². The van der Waals surface area contributed by atoms with E-state index in [4.69, 9.17) is 11.6 Å². The molecule has 2 aromatic rings. The third-order valence-corrected chi connectivity index (χ3v) is 5.06. The van der Waals surface area contributed by atoms with Crippen molar-refractivity contribution in [2.75, 3.05) is 11.4 Å². The number of fused-ring (bicyclic) bond motifs is 2. The summed E-state index contributed by atoms with van der Waals surface area (Å²) in [6.07, 6.45) is 3.33. The lowest BCUT2D eigenvalue weighted by molar-refractivity contribution is 0.415. The van der Waals surface area contributed by atoms with Gasteiger partial charge in [0.25, 0.3) is 0 Å². The van der Waals surface area contributed by atoms with E-state index in [1.807, 2.05) is 11.6 Å². The zero-order chi connectivity index (χ0) is 16.2. The number of nitrogens with zero attached hydrogens (tertiary/aromatic N) is 6. The molecule has 0 aromatic carbocycles. The summed E-state index contributed by atoms with van der Waals surface area (Å²) in [6.45, 7) is 8.84. The molecule has 0 N–H and O–H groups in total. The predicted octanol–water partition coefficient (Wildman–Crippen LogP) is 2.66. The molecule has 3 heterocycles. The van der Waals surface area contributed by atoms with Crippen LogP contribution in [0.3, 0.4) is 0 Å². The summed E-state index contributed by atoms with van der Waals surface area (Å²) in [6, 6.07) is 0. The van der Waals surface area contributed by atoms with Crippen molar-refractivity contribution in [1.82, 2.24) is 24.7 Å². The molecule has 0 unspecified atom stereocenters. The van der Waals surface area contributed by atoms with Crippen molar-refractivity contribution in [3.63, 3.8) is 0 Å². The van der Waals surface area contributed by atoms with Crippen molar-refractivity contribution in [3.05, 3.63) is 28.2 Å². The lowest BCUT2D eigenvalue weighted by Crippen LogP contribution is -2.37. The first kappa shape index (κ1) is 14.9. The SMILES string of the molecule is Cc1nc2n(n1)CCN(c1nc(Cl)nc3c1CCCC3(C)C)C2. The Hall–Kier alpha value is -1.69. The van der Waals surface area contributed by atoms with Gasteiger partial charge >= 0.3 is 0 Å². The molecule has 23 heavy (non-hydrogen) atoms. The van der Waals surface area contributed by atoms with Crippen LogP contribution in [0.4, 0.5) is 5.82 Å². The van der Waals surface area contributed by atoms with Crippen molar-refractivity contribution in [2.45, 2.75) is 58.5 Å². The summed E-state index contributed by atoms with van der Waals surface area (Å²) in [5.41, 5.74) is 2.43. The topological polar surface area (TPSA) is 59.7 Å². The zero-order valence-electron chi connectivity index (χ0n) is 13.8. The fraction of sp³-hybridized carbons (Fsp3) is 0.625. The first-order valence-electron chi connectivity index (χ1n) is 8.16. The van der Waals surface area contributed by atoms with Gasteiger partial charge in [-0.1, -0.05) is 13.8 Å². The van der Waals surface area contributed by atoms with Crippen LogP contribution in [0, 0.1) is 6.92 Å². The molecule has 0 spiro atoms. The molecule has 2 aliphatic rings. The van der Waals surface area contributed by atoms with Gasteiger partial charge in [-0.05, 0) is 37.8 Å². The third-order valence-electron chi connectivity index (χ3n) is 4.90. The maximum atomic E-state index is 6.25. The summed E-state index contributed by atoms with van der Waals surface area (Å²) in [5, 5.41) is 4.77. The minimum Gasteiger partial charge on any atom is -0.347 e. The highest BCUT2D eigenvalue weighted by atomic mass is 35.5. The molecule has 0 radical (unpaired) electrons. The second kappa shape index (κ2) is 5.16. The average Bonchev–Trinajstić information content (AvgIpc) is 2.86. The minimum atomic E-state index is 0.0569. The molecule has 0 saturated heterocycles. The standard InChI is InChI=1S/C16H21ClN6/c1-10-18-12-9-22(7-8-23(12)21-10)14-11-5-4-6-16(2,3)13(11)19-15(17)20-14/h4-9H2,1-3H3. The van der Waals surface area contributed by atoms with Crippen LogP contribution in [0.5, 0.6) is 0 Å². The van der Waals surface area contributed by atoms with E-state index in [-0.39, 0.29) is 5.41 Å². The molecule has 6 nitrogen and oxygen atoms in total. The Kier molecular flexibility index (Phi) is 3.34.